The van der Waals surface area contributed by atoms with Crippen LogP contribution in [-0.2, 0) is 6.42 Å². The third-order valence-corrected chi connectivity index (χ3v) is 3.62. The molecule has 2 aromatic rings. The first-order valence-electron chi connectivity index (χ1n) is 6.54. The monoisotopic (exact) mass is 275 g/mol. The summed E-state index contributed by atoms with van der Waals surface area (Å²) in [7, 11) is 0. The van der Waals surface area contributed by atoms with Gasteiger partial charge < -0.3 is 10.5 Å². The van der Waals surface area contributed by atoms with Gasteiger partial charge in [0.2, 0.25) is 0 Å². The number of nitrogens with two attached hydrogens (primary N) is 1. The van der Waals surface area contributed by atoms with E-state index in [1.54, 1.807) is 19.1 Å². The van der Waals surface area contributed by atoms with Crippen LogP contribution in [0.2, 0.25) is 0 Å². The summed E-state index contributed by atoms with van der Waals surface area (Å²) in [6, 6.07) is 8.12. The van der Waals surface area contributed by atoms with Crippen molar-refractivity contribution >= 4 is 0 Å². The second-order valence-electron chi connectivity index (χ2n) is 5.09. The summed E-state index contributed by atoms with van der Waals surface area (Å²) in [5, 5.41) is 0. The van der Waals surface area contributed by atoms with Gasteiger partial charge in [-0.15, -0.1) is 0 Å². The van der Waals surface area contributed by atoms with E-state index in [1.165, 1.54) is 12.1 Å². The third-order valence-electron chi connectivity index (χ3n) is 3.62. The lowest BCUT2D eigenvalue weighted by Gasteiger charge is -2.08. The van der Waals surface area contributed by atoms with Gasteiger partial charge in [0.25, 0.3) is 0 Å². The van der Waals surface area contributed by atoms with Crippen molar-refractivity contribution < 1.29 is 13.5 Å². The molecule has 0 amide bonds. The lowest BCUT2D eigenvalue weighted by atomic mass is 9.99. The van der Waals surface area contributed by atoms with Gasteiger partial charge in [-0.05, 0) is 41.8 Å². The zero-order valence-corrected chi connectivity index (χ0v) is 11.1. The number of hydrogen-bond donors (Lipinski definition) is 1. The van der Waals surface area contributed by atoms with E-state index < -0.39 is 5.82 Å². The van der Waals surface area contributed by atoms with E-state index in [2.05, 4.69) is 0 Å². The maximum Gasteiger partial charge on any atom is 0.165 e. The molecule has 1 atom stereocenters. The molecule has 3 rings (SSSR count). The molecule has 0 radical (unpaired) electrons. The molecule has 0 bridgehead atoms. The Morgan fingerprint density at radius 1 is 1.15 bits per heavy atom. The van der Waals surface area contributed by atoms with E-state index in [0.717, 1.165) is 5.56 Å². The predicted octanol–water partition coefficient (Wildman–Crippen LogP) is 3.20. The highest BCUT2D eigenvalue weighted by Gasteiger charge is 2.25. The largest absolute Gasteiger partial charge is 0.485 e. The van der Waals surface area contributed by atoms with Crippen molar-refractivity contribution in [3.05, 3.63) is 53.1 Å². The Balaban J connectivity index is 2.04. The van der Waals surface area contributed by atoms with Crippen LogP contribution in [0.1, 0.15) is 11.1 Å². The zero-order valence-electron chi connectivity index (χ0n) is 11.1. The summed E-state index contributed by atoms with van der Waals surface area (Å²) in [5.41, 5.74) is 8.22. The number of aryl methyl sites for hydroxylation is 1. The van der Waals surface area contributed by atoms with Crippen LogP contribution < -0.4 is 10.5 Å². The Morgan fingerprint density at radius 3 is 2.60 bits per heavy atom. The Bertz CT molecular complexity index is 670. The van der Waals surface area contributed by atoms with Gasteiger partial charge in [-0.25, -0.2) is 8.78 Å². The highest BCUT2D eigenvalue weighted by Crippen LogP contribution is 2.35. The molecule has 20 heavy (non-hydrogen) atoms. The number of fused-ring (bicyclic) bond motifs is 1. The second-order valence-corrected chi connectivity index (χ2v) is 5.09. The zero-order chi connectivity index (χ0) is 14.3. The molecule has 0 fully saturated rings. The maximum atomic E-state index is 14.1. The fourth-order valence-electron chi connectivity index (χ4n) is 2.46. The number of ether oxygens (including phenoxy) is 1. The maximum absolute atomic E-state index is 14.1. The van der Waals surface area contributed by atoms with Crippen LogP contribution in [0.15, 0.2) is 30.3 Å². The highest BCUT2D eigenvalue weighted by molar-refractivity contribution is 5.67. The van der Waals surface area contributed by atoms with Gasteiger partial charge in [-0.2, -0.15) is 0 Å². The van der Waals surface area contributed by atoms with Crippen molar-refractivity contribution in [2.24, 2.45) is 5.73 Å². The molecule has 2 nitrogen and oxygen atoms in total. The minimum atomic E-state index is -0.422. The standard InChI is InChI=1S/C16H15F2NO/c1-9-2-3-10(6-14(9)17)11-4-12-5-13(8-19)20-16(12)15(18)7-11/h2-4,6-7,13H,5,8,19H2,1H3/t13-/m1/s1. The molecule has 2 aromatic carbocycles. The third kappa shape index (κ3) is 2.16. The van der Waals surface area contributed by atoms with Crippen LogP contribution >= 0.6 is 0 Å². The summed E-state index contributed by atoms with van der Waals surface area (Å²) in [6.45, 7) is 2.05. The molecular formula is C16H15F2NO. The van der Waals surface area contributed by atoms with Gasteiger partial charge in [0.1, 0.15) is 11.9 Å². The number of benzene rings is 2. The van der Waals surface area contributed by atoms with Crippen molar-refractivity contribution in [1.82, 2.24) is 0 Å². The van der Waals surface area contributed by atoms with Gasteiger partial charge in [-0.3, -0.25) is 0 Å². The lowest BCUT2D eigenvalue weighted by Crippen LogP contribution is -2.24. The molecule has 0 saturated carbocycles. The molecule has 0 unspecified atom stereocenters. The summed E-state index contributed by atoms with van der Waals surface area (Å²) < 4.78 is 33.1. The Morgan fingerprint density at radius 2 is 1.90 bits per heavy atom. The number of rotatable bonds is 2. The molecule has 4 heteroatoms. The van der Waals surface area contributed by atoms with E-state index in [0.29, 0.717) is 29.7 Å². The van der Waals surface area contributed by atoms with E-state index in [-0.39, 0.29) is 17.7 Å². The van der Waals surface area contributed by atoms with E-state index in [9.17, 15) is 8.78 Å². The van der Waals surface area contributed by atoms with Crippen LogP contribution in [0, 0.1) is 18.6 Å². The lowest BCUT2D eigenvalue weighted by molar-refractivity contribution is 0.232. The van der Waals surface area contributed by atoms with Crippen molar-refractivity contribution in [3.63, 3.8) is 0 Å². The van der Waals surface area contributed by atoms with Crippen molar-refractivity contribution in [1.29, 1.82) is 0 Å². The molecule has 0 spiro atoms. The molecular weight excluding hydrogens is 260 g/mol. The first-order valence-corrected chi connectivity index (χ1v) is 6.54. The van der Waals surface area contributed by atoms with Crippen LogP contribution in [0.3, 0.4) is 0 Å². The average Bonchev–Trinajstić information content (AvgIpc) is 2.85. The first kappa shape index (κ1) is 13.1. The van der Waals surface area contributed by atoms with Gasteiger partial charge >= 0.3 is 0 Å². The molecule has 0 aliphatic carbocycles. The molecule has 1 aliphatic rings. The van der Waals surface area contributed by atoms with Crippen LogP contribution in [-0.4, -0.2) is 12.6 Å². The van der Waals surface area contributed by atoms with Crippen LogP contribution in [0.25, 0.3) is 11.1 Å². The minimum Gasteiger partial charge on any atom is -0.485 e. The second kappa shape index (κ2) is 4.87. The molecule has 0 saturated heterocycles. The molecule has 2 N–H and O–H groups in total. The minimum absolute atomic E-state index is 0.176. The first-order chi connectivity index (χ1) is 9.58. The molecule has 0 aromatic heterocycles. The number of halogens is 2. The normalized spacial score (nSPS) is 16.9. The topological polar surface area (TPSA) is 35.2 Å². The predicted molar refractivity (Wildman–Crippen MR) is 73.7 cm³/mol. The van der Waals surface area contributed by atoms with Gasteiger partial charge in [0.05, 0.1) is 0 Å². The van der Waals surface area contributed by atoms with E-state index in [1.807, 2.05) is 6.07 Å². The summed E-state index contributed by atoms with van der Waals surface area (Å²) in [5.74, 6) is -0.439. The smallest absolute Gasteiger partial charge is 0.165 e. The Hall–Kier alpha value is -1.94. The van der Waals surface area contributed by atoms with E-state index in [4.69, 9.17) is 10.5 Å². The quantitative estimate of drug-likeness (QED) is 0.913. The van der Waals surface area contributed by atoms with Crippen molar-refractivity contribution in [2.45, 2.75) is 19.4 Å². The average molecular weight is 275 g/mol. The Labute approximate surface area is 116 Å². The molecule has 1 aliphatic heterocycles. The van der Waals surface area contributed by atoms with E-state index >= 15 is 0 Å². The van der Waals surface area contributed by atoms with Gasteiger partial charge in [0.15, 0.2) is 11.6 Å². The molecule has 104 valence electrons. The summed E-state index contributed by atoms with van der Waals surface area (Å²) in [4.78, 5) is 0. The van der Waals surface area contributed by atoms with Crippen LogP contribution in [0.4, 0.5) is 8.78 Å². The SMILES string of the molecule is Cc1ccc(-c2cc(F)c3c(c2)C[C@H](CN)O3)cc1F. The summed E-state index contributed by atoms with van der Waals surface area (Å²) in [6.07, 6.45) is 0.412. The van der Waals surface area contributed by atoms with Gasteiger partial charge in [0, 0.05) is 18.5 Å². The highest BCUT2D eigenvalue weighted by atomic mass is 19.1. The fraction of sp³-hybridized carbons (Fsp3) is 0.250. The Kier molecular flexibility index (Phi) is 3.18. The van der Waals surface area contributed by atoms with Gasteiger partial charge in [-0.1, -0.05) is 12.1 Å². The molecule has 1 heterocycles. The van der Waals surface area contributed by atoms with Crippen molar-refractivity contribution in [3.8, 4) is 16.9 Å². The fourth-order valence-corrected chi connectivity index (χ4v) is 2.46. The summed E-state index contributed by atoms with van der Waals surface area (Å²) >= 11 is 0. The van der Waals surface area contributed by atoms with Crippen molar-refractivity contribution in [2.75, 3.05) is 6.54 Å². The number of hydrogen-bond acceptors (Lipinski definition) is 2. The van der Waals surface area contributed by atoms with Crippen LogP contribution in [0.5, 0.6) is 5.75 Å².